The van der Waals surface area contributed by atoms with Crippen LogP contribution in [0.2, 0.25) is 0 Å². The minimum Gasteiger partial charge on any atom is -0.465 e. The molecule has 3 rings (SSSR count). The van der Waals surface area contributed by atoms with E-state index in [9.17, 15) is 14.4 Å². The summed E-state index contributed by atoms with van der Waals surface area (Å²) in [6, 6.07) is 13.5. The van der Waals surface area contributed by atoms with Crippen molar-refractivity contribution in [2.45, 2.75) is 0 Å². The van der Waals surface area contributed by atoms with E-state index < -0.39 is 5.97 Å². The van der Waals surface area contributed by atoms with Crippen molar-refractivity contribution in [3.63, 3.8) is 0 Å². The molecule has 2 aromatic heterocycles. The van der Waals surface area contributed by atoms with Gasteiger partial charge in [-0.1, -0.05) is 12.1 Å². The highest BCUT2D eigenvalue weighted by Crippen LogP contribution is 2.21. The van der Waals surface area contributed by atoms with Crippen LogP contribution < -0.4 is 10.6 Å². The van der Waals surface area contributed by atoms with Crippen molar-refractivity contribution < 1.29 is 19.1 Å². The summed E-state index contributed by atoms with van der Waals surface area (Å²) in [5, 5.41) is 7.36. The zero-order valence-corrected chi connectivity index (χ0v) is 15.3. The second kappa shape index (κ2) is 7.94. The molecule has 2 heterocycles. The maximum atomic E-state index is 12.3. The summed E-state index contributed by atoms with van der Waals surface area (Å²) in [6.45, 7) is 0. The summed E-state index contributed by atoms with van der Waals surface area (Å²) in [6.07, 6.45) is 0. The fourth-order valence-electron chi connectivity index (χ4n) is 2.14. The first-order chi connectivity index (χ1) is 12.6. The van der Waals surface area contributed by atoms with Gasteiger partial charge in [0.2, 0.25) is 0 Å². The monoisotopic (exact) mass is 386 g/mol. The lowest BCUT2D eigenvalue weighted by molar-refractivity contribution is 0.0606. The van der Waals surface area contributed by atoms with Crippen molar-refractivity contribution >= 4 is 51.8 Å². The third-order valence-electron chi connectivity index (χ3n) is 3.34. The summed E-state index contributed by atoms with van der Waals surface area (Å²) < 4.78 is 4.63. The van der Waals surface area contributed by atoms with Crippen LogP contribution in [0.15, 0.2) is 53.9 Å². The standard InChI is InChI=1S/C18H14N2O4S2/c1-24-18(23)15-8-7-14(26-15)17(22)20-12-5-2-4-11(10-12)19-16(21)13-6-3-9-25-13/h2-10H,1H3,(H,19,21)(H,20,22). The van der Waals surface area contributed by atoms with Gasteiger partial charge in [0.15, 0.2) is 0 Å². The Morgan fingerprint density at radius 2 is 1.50 bits per heavy atom. The van der Waals surface area contributed by atoms with E-state index in [2.05, 4.69) is 15.4 Å². The third-order valence-corrected chi connectivity index (χ3v) is 5.27. The first-order valence-electron chi connectivity index (χ1n) is 7.51. The molecule has 8 heteroatoms. The maximum absolute atomic E-state index is 12.3. The largest absolute Gasteiger partial charge is 0.465 e. The number of carbonyl (C=O) groups is 3. The Morgan fingerprint density at radius 3 is 2.12 bits per heavy atom. The maximum Gasteiger partial charge on any atom is 0.348 e. The SMILES string of the molecule is COC(=O)c1ccc(C(=O)Nc2cccc(NC(=O)c3cccs3)c2)s1. The fourth-order valence-corrected chi connectivity index (χ4v) is 3.58. The van der Waals surface area contributed by atoms with Crippen molar-refractivity contribution in [1.29, 1.82) is 0 Å². The van der Waals surface area contributed by atoms with Crippen LogP contribution in [0.1, 0.15) is 29.0 Å². The molecule has 0 spiro atoms. The second-order valence-electron chi connectivity index (χ2n) is 5.12. The van der Waals surface area contributed by atoms with E-state index in [0.717, 1.165) is 11.3 Å². The Morgan fingerprint density at radius 1 is 0.846 bits per heavy atom. The van der Waals surface area contributed by atoms with Gasteiger partial charge in [0, 0.05) is 11.4 Å². The molecule has 3 aromatic rings. The molecule has 132 valence electrons. The quantitative estimate of drug-likeness (QED) is 0.647. The van der Waals surface area contributed by atoms with Gasteiger partial charge in [-0.2, -0.15) is 0 Å². The molecular weight excluding hydrogens is 372 g/mol. The molecule has 0 aliphatic heterocycles. The van der Waals surface area contributed by atoms with Crippen LogP contribution >= 0.6 is 22.7 Å². The summed E-state index contributed by atoms with van der Waals surface area (Å²) >= 11 is 2.40. The molecule has 2 N–H and O–H groups in total. The number of anilines is 2. The Labute approximate surface area is 157 Å². The first kappa shape index (κ1) is 17.8. The van der Waals surface area contributed by atoms with Crippen molar-refractivity contribution in [1.82, 2.24) is 0 Å². The Hall–Kier alpha value is -2.97. The lowest BCUT2D eigenvalue weighted by atomic mass is 10.2. The fraction of sp³-hybridized carbons (Fsp3) is 0.0556. The van der Waals surface area contributed by atoms with Crippen LogP contribution in [-0.4, -0.2) is 24.9 Å². The molecule has 0 bridgehead atoms. The van der Waals surface area contributed by atoms with Gasteiger partial charge in [0.25, 0.3) is 11.8 Å². The predicted octanol–water partition coefficient (Wildman–Crippen LogP) is 4.10. The van der Waals surface area contributed by atoms with Crippen LogP contribution in [0.25, 0.3) is 0 Å². The average molecular weight is 386 g/mol. The molecule has 26 heavy (non-hydrogen) atoms. The predicted molar refractivity (Wildman–Crippen MR) is 102 cm³/mol. The van der Waals surface area contributed by atoms with Gasteiger partial charge in [-0.15, -0.1) is 22.7 Å². The lowest BCUT2D eigenvalue weighted by Crippen LogP contribution is -2.12. The molecule has 0 saturated heterocycles. The summed E-state index contributed by atoms with van der Waals surface area (Å²) in [7, 11) is 1.29. The van der Waals surface area contributed by atoms with Crippen molar-refractivity contribution in [3.05, 3.63) is 68.5 Å². The van der Waals surface area contributed by atoms with Crippen LogP contribution in [0, 0.1) is 0 Å². The van der Waals surface area contributed by atoms with Gasteiger partial charge in [0.05, 0.1) is 16.9 Å². The van der Waals surface area contributed by atoms with Crippen LogP contribution in [0.4, 0.5) is 11.4 Å². The number of ether oxygens (including phenoxy) is 1. The van der Waals surface area contributed by atoms with E-state index in [0.29, 0.717) is 26.0 Å². The number of benzene rings is 1. The Kier molecular flexibility index (Phi) is 5.45. The van der Waals surface area contributed by atoms with E-state index >= 15 is 0 Å². The van der Waals surface area contributed by atoms with E-state index in [4.69, 9.17) is 0 Å². The number of esters is 1. The molecular formula is C18H14N2O4S2. The third kappa shape index (κ3) is 4.16. The molecule has 0 aliphatic carbocycles. The van der Waals surface area contributed by atoms with Crippen molar-refractivity contribution in [2.24, 2.45) is 0 Å². The van der Waals surface area contributed by atoms with E-state index in [1.165, 1.54) is 18.4 Å². The number of thiophene rings is 2. The molecule has 0 atom stereocenters. The minimum atomic E-state index is -0.479. The molecule has 0 unspecified atom stereocenters. The van der Waals surface area contributed by atoms with Gasteiger partial charge < -0.3 is 15.4 Å². The highest BCUT2D eigenvalue weighted by Gasteiger charge is 2.14. The number of rotatable bonds is 5. The van der Waals surface area contributed by atoms with Gasteiger partial charge in [-0.25, -0.2) is 4.79 Å². The second-order valence-corrected chi connectivity index (χ2v) is 7.15. The number of nitrogens with one attached hydrogen (secondary N) is 2. The number of hydrogen-bond acceptors (Lipinski definition) is 6. The topological polar surface area (TPSA) is 84.5 Å². The smallest absolute Gasteiger partial charge is 0.348 e. The van der Waals surface area contributed by atoms with E-state index in [1.54, 1.807) is 48.5 Å². The molecule has 0 radical (unpaired) electrons. The van der Waals surface area contributed by atoms with Gasteiger partial charge >= 0.3 is 5.97 Å². The zero-order chi connectivity index (χ0) is 18.5. The van der Waals surface area contributed by atoms with E-state index in [-0.39, 0.29) is 11.8 Å². The van der Waals surface area contributed by atoms with Crippen LogP contribution in [-0.2, 0) is 4.74 Å². The molecule has 2 amide bonds. The van der Waals surface area contributed by atoms with Crippen molar-refractivity contribution in [2.75, 3.05) is 17.7 Å². The summed E-state index contributed by atoms with van der Waals surface area (Å²) in [4.78, 5) is 37.2. The lowest BCUT2D eigenvalue weighted by Gasteiger charge is -2.07. The van der Waals surface area contributed by atoms with Crippen LogP contribution in [0.3, 0.4) is 0 Å². The van der Waals surface area contributed by atoms with Crippen LogP contribution in [0.5, 0.6) is 0 Å². The average Bonchev–Trinajstić information content (AvgIpc) is 3.33. The Balaban J connectivity index is 1.68. The highest BCUT2D eigenvalue weighted by molar-refractivity contribution is 7.16. The summed E-state index contributed by atoms with van der Waals surface area (Å²) in [5.41, 5.74) is 1.11. The number of methoxy groups -OCH3 is 1. The normalized spacial score (nSPS) is 10.2. The molecule has 6 nitrogen and oxygen atoms in total. The molecule has 0 saturated carbocycles. The zero-order valence-electron chi connectivity index (χ0n) is 13.6. The first-order valence-corrected chi connectivity index (χ1v) is 9.21. The minimum absolute atomic E-state index is 0.204. The van der Waals surface area contributed by atoms with Gasteiger partial charge in [-0.05, 0) is 41.8 Å². The molecule has 1 aromatic carbocycles. The number of amides is 2. The number of carbonyl (C=O) groups excluding carboxylic acids is 3. The molecule has 0 aliphatic rings. The van der Waals surface area contributed by atoms with Gasteiger partial charge in [-0.3, -0.25) is 9.59 Å². The highest BCUT2D eigenvalue weighted by atomic mass is 32.1. The Bertz CT molecular complexity index is 948. The molecule has 0 fully saturated rings. The van der Waals surface area contributed by atoms with Crippen molar-refractivity contribution in [3.8, 4) is 0 Å². The van der Waals surface area contributed by atoms with Gasteiger partial charge in [0.1, 0.15) is 4.88 Å². The van der Waals surface area contributed by atoms with E-state index in [1.807, 2.05) is 5.38 Å². The summed E-state index contributed by atoms with van der Waals surface area (Å²) in [5.74, 6) is -1.02. The number of hydrogen-bond donors (Lipinski definition) is 2.